The second-order valence-electron chi connectivity index (χ2n) is 6.65. The molecule has 0 unspecified atom stereocenters. The first kappa shape index (κ1) is 20.0. The number of nitrogens with zero attached hydrogens (tertiary/aromatic N) is 3. The number of nitrogens with one attached hydrogen (secondary N) is 1. The van der Waals surface area contributed by atoms with E-state index in [-0.39, 0.29) is 23.7 Å². The molecule has 0 fully saturated rings. The fourth-order valence-corrected chi connectivity index (χ4v) is 3.69. The van der Waals surface area contributed by atoms with Crippen molar-refractivity contribution in [2.24, 2.45) is 0 Å². The average Bonchev–Trinajstić information content (AvgIpc) is 3.12. The van der Waals surface area contributed by atoms with Crippen molar-refractivity contribution >= 4 is 33.3 Å². The number of para-hydroxylation sites is 1. The molecule has 9 heteroatoms. The lowest BCUT2D eigenvalue weighted by atomic mass is 10.1. The normalized spacial score (nSPS) is 11.6. The van der Waals surface area contributed by atoms with E-state index in [0.717, 1.165) is 17.8 Å². The molecular weight excluding hydrogens is 413 g/mol. The first-order valence-electron chi connectivity index (χ1n) is 8.94. The minimum atomic E-state index is -4.45. The molecule has 2 aromatic heterocycles. The van der Waals surface area contributed by atoms with Crippen LogP contribution in [-0.4, -0.2) is 20.9 Å². The number of amides is 1. The van der Waals surface area contributed by atoms with Gasteiger partial charge < -0.3 is 5.32 Å². The van der Waals surface area contributed by atoms with Gasteiger partial charge in [0.25, 0.3) is 0 Å². The van der Waals surface area contributed by atoms with Gasteiger partial charge in [-0.15, -0.1) is 11.3 Å². The van der Waals surface area contributed by atoms with Crippen LogP contribution in [0.4, 0.5) is 18.3 Å². The number of carbonyl (C=O) groups excluding carboxylic acids is 1. The highest BCUT2D eigenvalue weighted by molar-refractivity contribution is 7.13. The molecule has 1 N–H and O–H groups in total. The lowest BCUT2D eigenvalue weighted by molar-refractivity contribution is -0.137. The van der Waals surface area contributed by atoms with E-state index < -0.39 is 11.7 Å². The van der Waals surface area contributed by atoms with Gasteiger partial charge in [0, 0.05) is 22.5 Å². The van der Waals surface area contributed by atoms with Crippen LogP contribution in [-0.2, 0) is 17.4 Å². The quantitative estimate of drug-likeness (QED) is 0.481. The first-order valence-corrected chi connectivity index (χ1v) is 9.82. The lowest BCUT2D eigenvalue weighted by Crippen LogP contribution is -2.14. The molecule has 0 saturated heterocycles. The fourth-order valence-electron chi connectivity index (χ4n) is 2.98. The van der Waals surface area contributed by atoms with Gasteiger partial charge in [0.05, 0.1) is 23.2 Å². The molecule has 0 spiro atoms. The Hall–Kier alpha value is -3.33. The summed E-state index contributed by atoms with van der Waals surface area (Å²) in [6.07, 6.45) is -2.86. The maximum Gasteiger partial charge on any atom is 0.416 e. The highest BCUT2D eigenvalue weighted by Gasteiger charge is 2.30. The Labute approximate surface area is 173 Å². The SMILES string of the molecule is Cc1csc(NC(=O)Cc2cccc3cnc(-c4cccc(C(F)(F)F)c4)nc23)n1. The van der Waals surface area contributed by atoms with E-state index in [9.17, 15) is 18.0 Å². The van der Waals surface area contributed by atoms with Crippen LogP contribution < -0.4 is 5.32 Å². The number of aryl methyl sites for hydroxylation is 1. The molecule has 5 nitrogen and oxygen atoms in total. The van der Waals surface area contributed by atoms with Crippen molar-refractivity contribution in [3.05, 3.63) is 70.9 Å². The van der Waals surface area contributed by atoms with Gasteiger partial charge in [-0.1, -0.05) is 30.3 Å². The summed E-state index contributed by atoms with van der Waals surface area (Å²) in [5.74, 6) is -0.0897. The van der Waals surface area contributed by atoms with Crippen molar-refractivity contribution in [1.29, 1.82) is 0 Å². The maximum absolute atomic E-state index is 13.0. The largest absolute Gasteiger partial charge is 0.416 e. The third kappa shape index (κ3) is 4.30. The fraction of sp³-hybridized carbons (Fsp3) is 0.143. The smallest absolute Gasteiger partial charge is 0.302 e. The predicted molar refractivity (Wildman–Crippen MR) is 109 cm³/mol. The highest BCUT2D eigenvalue weighted by atomic mass is 32.1. The van der Waals surface area contributed by atoms with Crippen molar-refractivity contribution in [3.63, 3.8) is 0 Å². The molecule has 0 aliphatic carbocycles. The second kappa shape index (κ2) is 7.83. The number of fused-ring (bicyclic) bond motifs is 1. The predicted octanol–water partition coefficient (Wildman–Crippen LogP) is 5.26. The Balaban J connectivity index is 1.66. The molecule has 0 atom stereocenters. The summed E-state index contributed by atoms with van der Waals surface area (Å²) >= 11 is 1.33. The van der Waals surface area contributed by atoms with E-state index in [1.54, 1.807) is 24.4 Å². The zero-order chi connectivity index (χ0) is 21.3. The molecule has 4 rings (SSSR count). The lowest BCUT2D eigenvalue weighted by Gasteiger charge is -2.10. The summed E-state index contributed by atoms with van der Waals surface area (Å²) in [6.45, 7) is 1.84. The van der Waals surface area contributed by atoms with Crippen molar-refractivity contribution in [3.8, 4) is 11.4 Å². The Morgan fingerprint density at radius 3 is 2.67 bits per heavy atom. The van der Waals surface area contributed by atoms with Gasteiger partial charge in [0.2, 0.25) is 5.91 Å². The van der Waals surface area contributed by atoms with E-state index in [1.165, 1.54) is 23.5 Å². The molecule has 2 aromatic carbocycles. The summed E-state index contributed by atoms with van der Waals surface area (Å²) in [5, 5.41) is 5.79. The summed E-state index contributed by atoms with van der Waals surface area (Å²) < 4.78 is 39.1. The molecule has 30 heavy (non-hydrogen) atoms. The summed E-state index contributed by atoms with van der Waals surface area (Å²) in [7, 11) is 0. The molecule has 152 valence electrons. The molecule has 0 aliphatic heterocycles. The van der Waals surface area contributed by atoms with Gasteiger partial charge in [-0.25, -0.2) is 15.0 Å². The zero-order valence-corrected chi connectivity index (χ0v) is 16.5. The minimum Gasteiger partial charge on any atom is -0.302 e. The Morgan fingerprint density at radius 2 is 1.93 bits per heavy atom. The van der Waals surface area contributed by atoms with Crippen molar-refractivity contribution < 1.29 is 18.0 Å². The third-order valence-corrected chi connectivity index (χ3v) is 5.23. The van der Waals surface area contributed by atoms with Crippen molar-refractivity contribution in [2.45, 2.75) is 19.5 Å². The zero-order valence-electron chi connectivity index (χ0n) is 15.7. The Morgan fingerprint density at radius 1 is 1.13 bits per heavy atom. The van der Waals surface area contributed by atoms with Crippen LogP contribution >= 0.6 is 11.3 Å². The van der Waals surface area contributed by atoms with E-state index in [0.29, 0.717) is 21.6 Å². The van der Waals surface area contributed by atoms with Gasteiger partial charge >= 0.3 is 6.18 Å². The van der Waals surface area contributed by atoms with E-state index >= 15 is 0 Å². The van der Waals surface area contributed by atoms with Crippen LogP contribution in [0.5, 0.6) is 0 Å². The van der Waals surface area contributed by atoms with Gasteiger partial charge in [-0.3, -0.25) is 4.79 Å². The van der Waals surface area contributed by atoms with Crippen LogP contribution in [0, 0.1) is 6.92 Å². The molecule has 0 radical (unpaired) electrons. The van der Waals surface area contributed by atoms with Crippen LogP contribution in [0.1, 0.15) is 16.8 Å². The Kier molecular flexibility index (Phi) is 5.21. The summed E-state index contributed by atoms with van der Waals surface area (Å²) in [4.78, 5) is 25.3. The first-order chi connectivity index (χ1) is 14.3. The Bertz CT molecular complexity index is 1240. The van der Waals surface area contributed by atoms with Crippen molar-refractivity contribution in [1.82, 2.24) is 15.0 Å². The third-order valence-electron chi connectivity index (χ3n) is 4.36. The second-order valence-corrected chi connectivity index (χ2v) is 7.50. The summed E-state index contributed by atoms with van der Waals surface area (Å²) in [6, 6.07) is 10.2. The standard InChI is InChI=1S/C21H15F3N4OS/c1-12-11-30-20(26-12)27-17(29)9-13-4-2-6-15-10-25-19(28-18(13)15)14-5-3-7-16(8-14)21(22,23)24/h2-8,10-11H,9H2,1H3,(H,26,27,29). The molecule has 0 bridgehead atoms. The van der Waals surface area contributed by atoms with E-state index in [2.05, 4.69) is 20.3 Å². The minimum absolute atomic E-state index is 0.0506. The van der Waals surface area contributed by atoms with Crippen LogP contribution in [0.25, 0.3) is 22.3 Å². The summed E-state index contributed by atoms with van der Waals surface area (Å²) in [5.41, 5.74) is 1.47. The number of benzene rings is 2. The number of hydrogen-bond acceptors (Lipinski definition) is 5. The number of rotatable bonds is 4. The highest BCUT2D eigenvalue weighted by Crippen LogP contribution is 2.31. The van der Waals surface area contributed by atoms with Gasteiger partial charge in [0.15, 0.2) is 11.0 Å². The van der Waals surface area contributed by atoms with Crippen molar-refractivity contribution in [2.75, 3.05) is 5.32 Å². The average molecular weight is 428 g/mol. The van der Waals surface area contributed by atoms with Crippen LogP contribution in [0.3, 0.4) is 0 Å². The number of carbonyl (C=O) groups is 1. The molecule has 0 saturated carbocycles. The molecule has 1 amide bonds. The van der Waals surface area contributed by atoms with E-state index in [4.69, 9.17) is 0 Å². The number of alkyl halides is 3. The monoisotopic (exact) mass is 428 g/mol. The molecule has 4 aromatic rings. The number of halogens is 3. The van der Waals surface area contributed by atoms with Gasteiger partial charge in [-0.2, -0.15) is 13.2 Å². The molecular formula is C21H15F3N4OS. The van der Waals surface area contributed by atoms with Crippen LogP contribution in [0.2, 0.25) is 0 Å². The van der Waals surface area contributed by atoms with Crippen LogP contribution in [0.15, 0.2) is 54.0 Å². The molecule has 2 heterocycles. The molecule has 0 aliphatic rings. The van der Waals surface area contributed by atoms with Gasteiger partial charge in [-0.05, 0) is 24.6 Å². The number of thiazole rings is 1. The topological polar surface area (TPSA) is 67.8 Å². The number of anilines is 1. The van der Waals surface area contributed by atoms with Gasteiger partial charge in [0.1, 0.15) is 0 Å². The number of aromatic nitrogens is 3. The number of hydrogen-bond donors (Lipinski definition) is 1. The van der Waals surface area contributed by atoms with E-state index in [1.807, 2.05) is 12.3 Å². The maximum atomic E-state index is 13.0.